The fourth-order valence-corrected chi connectivity index (χ4v) is 1.50. The molecule has 12 heavy (non-hydrogen) atoms. The number of allylic oxidation sites excluding steroid dienone is 1. The van der Waals surface area contributed by atoms with Crippen molar-refractivity contribution in [2.24, 2.45) is 11.7 Å². The van der Waals surface area contributed by atoms with Crippen LogP contribution >= 0.6 is 0 Å². The predicted molar refractivity (Wildman–Crippen MR) is 51.0 cm³/mol. The third-order valence-electron chi connectivity index (χ3n) is 2.22. The number of nitrogens with two attached hydrogens (primary N) is 1. The molecular weight excluding hydrogens is 150 g/mol. The molecule has 1 fully saturated rings. The molecule has 0 aromatic rings. The van der Waals surface area contributed by atoms with Gasteiger partial charge in [0.15, 0.2) is 0 Å². The Morgan fingerprint density at radius 3 is 3.00 bits per heavy atom. The third kappa shape index (κ3) is 3.88. The average molecular weight is 169 g/mol. The Morgan fingerprint density at radius 2 is 2.33 bits per heavy atom. The van der Waals surface area contributed by atoms with E-state index in [1.165, 1.54) is 19.3 Å². The first-order chi connectivity index (χ1) is 5.93. The van der Waals surface area contributed by atoms with Crippen molar-refractivity contribution in [3.63, 3.8) is 0 Å². The van der Waals surface area contributed by atoms with Crippen molar-refractivity contribution in [1.29, 1.82) is 0 Å². The lowest BCUT2D eigenvalue weighted by Crippen LogP contribution is -2.16. The Labute approximate surface area is 74.8 Å². The summed E-state index contributed by atoms with van der Waals surface area (Å²) in [5.41, 5.74) is 5.37. The van der Waals surface area contributed by atoms with Crippen molar-refractivity contribution in [2.75, 3.05) is 19.8 Å². The van der Waals surface area contributed by atoms with Gasteiger partial charge in [-0.1, -0.05) is 12.2 Å². The van der Waals surface area contributed by atoms with Crippen LogP contribution in [0.2, 0.25) is 0 Å². The average Bonchev–Trinajstić information content (AvgIpc) is 2.14. The molecule has 2 N–H and O–H groups in total. The maximum Gasteiger partial charge on any atom is 0.0497 e. The highest BCUT2D eigenvalue weighted by Gasteiger charge is 2.11. The first-order valence-corrected chi connectivity index (χ1v) is 4.86. The minimum Gasteiger partial charge on any atom is -0.381 e. The van der Waals surface area contributed by atoms with Crippen LogP contribution in [0.4, 0.5) is 0 Å². The Morgan fingerprint density at radius 1 is 1.42 bits per heavy atom. The summed E-state index contributed by atoms with van der Waals surface area (Å²) in [6.45, 7) is 2.67. The molecule has 0 spiro atoms. The van der Waals surface area contributed by atoms with E-state index in [2.05, 4.69) is 12.2 Å². The van der Waals surface area contributed by atoms with E-state index in [0.717, 1.165) is 32.1 Å². The molecule has 1 heterocycles. The van der Waals surface area contributed by atoms with Gasteiger partial charge in [-0.2, -0.15) is 0 Å². The molecule has 0 aromatic heterocycles. The highest BCUT2D eigenvalue weighted by molar-refractivity contribution is 4.84. The molecule has 1 aliphatic rings. The van der Waals surface area contributed by atoms with Gasteiger partial charge in [0.2, 0.25) is 0 Å². The second-order valence-corrected chi connectivity index (χ2v) is 3.37. The number of rotatable bonds is 4. The van der Waals surface area contributed by atoms with Crippen LogP contribution in [0.5, 0.6) is 0 Å². The number of ether oxygens (including phenoxy) is 1. The highest BCUT2D eigenvalue weighted by Crippen LogP contribution is 2.17. The van der Waals surface area contributed by atoms with Gasteiger partial charge in [-0.15, -0.1) is 0 Å². The lowest BCUT2D eigenvalue weighted by molar-refractivity contribution is 0.0559. The van der Waals surface area contributed by atoms with E-state index in [1.54, 1.807) is 0 Å². The first-order valence-electron chi connectivity index (χ1n) is 4.86. The maximum absolute atomic E-state index is 5.38. The van der Waals surface area contributed by atoms with Gasteiger partial charge in [-0.05, 0) is 38.1 Å². The van der Waals surface area contributed by atoms with E-state index in [0.29, 0.717) is 0 Å². The second kappa shape index (κ2) is 6.21. The molecule has 1 unspecified atom stereocenters. The van der Waals surface area contributed by atoms with Crippen LogP contribution in [-0.4, -0.2) is 19.8 Å². The number of hydrogen-bond donors (Lipinski definition) is 1. The zero-order valence-corrected chi connectivity index (χ0v) is 7.67. The van der Waals surface area contributed by atoms with Gasteiger partial charge in [-0.3, -0.25) is 0 Å². The van der Waals surface area contributed by atoms with Crippen molar-refractivity contribution < 1.29 is 4.74 Å². The fourth-order valence-electron chi connectivity index (χ4n) is 1.50. The fraction of sp³-hybridized carbons (Fsp3) is 0.800. The minimum absolute atomic E-state index is 0.757. The van der Waals surface area contributed by atoms with Gasteiger partial charge in [0.25, 0.3) is 0 Å². The summed E-state index contributed by atoms with van der Waals surface area (Å²) < 4.78 is 5.38. The zero-order chi connectivity index (χ0) is 8.65. The predicted octanol–water partition coefficient (Wildman–Crippen LogP) is 1.71. The Bertz CT molecular complexity index is 128. The third-order valence-corrected chi connectivity index (χ3v) is 2.22. The first kappa shape index (κ1) is 9.75. The van der Waals surface area contributed by atoms with Crippen LogP contribution in [0, 0.1) is 5.92 Å². The van der Waals surface area contributed by atoms with E-state index < -0.39 is 0 Å². The van der Waals surface area contributed by atoms with Crippen molar-refractivity contribution in [3.8, 4) is 0 Å². The summed E-state index contributed by atoms with van der Waals surface area (Å²) in [4.78, 5) is 0. The van der Waals surface area contributed by atoms with Crippen LogP contribution in [0.3, 0.4) is 0 Å². The Kier molecular flexibility index (Phi) is 5.04. The molecule has 0 aliphatic carbocycles. The van der Waals surface area contributed by atoms with Gasteiger partial charge < -0.3 is 10.5 Å². The van der Waals surface area contributed by atoms with Crippen LogP contribution in [0.1, 0.15) is 25.7 Å². The molecule has 1 aliphatic heterocycles. The van der Waals surface area contributed by atoms with Gasteiger partial charge in [-0.25, -0.2) is 0 Å². The van der Waals surface area contributed by atoms with Crippen molar-refractivity contribution in [3.05, 3.63) is 12.2 Å². The maximum atomic E-state index is 5.38. The normalized spacial score (nSPS) is 24.9. The van der Waals surface area contributed by atoms with E-state index in [4.69, 9.17) is 10.5 Å². The van der Waals surface area contributed by atoms with Gasteiger partial charge in [0.05, 0.1) is 0 Å². The van der Waals surface area contributed by atoms with Crippen LogP contribution < -0.4 is 5.73 Å². The zero-order valence-electron chi connectivity index (χ0n) is 7.67. The smallest absolute Gasteiger partial charge is 0.0497 e. The summed E-state index contributed by atoms with van der Waals surface area (Å²) in [6, 6.07) is 0. The quantitative estimate of drug-likeness (QED) is 0.650. The molecule has 1 saturated heterocycles. The van der Waals surface area contributed by atoms with Crippen LogP contribution in [0.15, 0.2) is 12.2 Å². The Balaban J connectivity index is 2.04. The van der Waals surface area contributed by atoms with E-state index in [-0.39, 0.29) is 0 Å². The van der Waals surface area contributed by atoms with Crippen LogP contribution in [0.25, 0.3) is 0 Å². The number of hydrogen-bond acceptors (Lipinski definition) is 2. The molecule has 0 aromatic carbocycles. The van der Waals surface area contributed by atoms with Crippen molar-refractivity contribution in [2.45, 2.75) is 25.7 Å². The topological polar surface area (TPSA) is 35.2 Å². The molecule has 70 valence electrons. The second-order valence-electron chi connectivity index (χ2n) is 3.37. The molecule has 2 nitrogen and oxygen atoms in total. The standard InChI is InChI=1S/C10H19NO/c11-7-3-1-2-5-10-6-4-8-12-9-10/h1-2,10H,3-9,11H2/b2-1-. The van der Waals surface area contributed by atoms with E-state index in [1.807, 2.05) is 0 Å². The molecule has 2 heteroatoms. The van der Waals surface area contributed by atoms with E-state index in [9.17, 15) is 0 Å². The minimum atomic E-state index is 0.757. The summed E-state index contributed by atoms with van der Waals surface area (Å²) in [5.74, 6) is 0.757. The van der Waals surface area contributed by atoms with Crippen molar-refractivity contribution >= 4 is 0 Å². The highest BCUT2D eigenvalue weighted by atomic mass is 16.5. The summed E-state index contributed by atoms with van der Waals surface area (Å²) >= 11 is 0. The molecular formula is C10H19NO. The summed E-state index contributed by atoms with van der Waals surface area (Å²) in [7, 11) is 0. The monoisotopic (exact) mass is 169 g/mol. The lowest BCUT2D eigenvalue weighted by atomic mass is 9.98. The lowest BCUT2D eigenvalue weighted by Gasteiger charge is -2.20. The van der Waals surface area contributed by atoms with Crippen LogP contribution in [-0.2, 0) is 4.74 Å². The summed E-state index contributed by atoms with van der Waals surface area (Å²) in [6.07, 6.45) is 9.15. The van der Waals surface area contributed by atoms with Gasteiger partial charge in [0.1, 0.15) is 0 Å². The SMILES string of the molecule is NCC/C=C\CC1CCCOC1. The van der Waals surface area contributed by atoms with Crippen molar-refractivity contribution in [1.82, 2.24) is 0 Å². The Hall–Kier alpha value is -0.340. The van der Waals surface area contributed by atoms with Gasteiger partial charge >= 0.3 is 0 Å². The molecule has 0 amide bonds. The largest absolute Gasteiger partial charge is 0.381 e. The molecule has 0 bridgehead atoms. The molecule has 1 rings (SSSR count). The molecule has 1 atom stereocenters. The van der Waals surface area contributed by atoms with Gasteiger partial charge in [0, 0.05) is 13.2 Å². The molecule has 0 saturated carbocycles. The summed E-state index contributed by atoms with van der Waals surface area (Å²) in [5, 5.41) is 0. The molecule has 0 radical (unpaired) electrons. The van der Waals surface area contributed by atoms with E-state index >= 15 is 0 Å².